The van der Waals surface area contributed by atoms with Gasteiger partial charge in [0.1, 0.15) is 0 Å². The SMILES string of the molecule is CC(=O)N1c2ccccc2/C(=C\C(=O)O)C1F. The minimum Gasteiger partial charge on any atom is -0.478 e. The monoisotopic (exact) mass is 235 g/mol. The molecule has 0 bridgehead atoms. The van der Waals surface area contributed by atoms with E-state index in [1.165, 1.54) is 6.92 Å². The fraction of sp³-hybridized carbons (Fsp3) is 0.167. The van der Waals surface area contributed by atoms with Crippen molar-refractivity contribution < 1.29 is 19.1 Å². The number of rotatable bonds is 1. The van der Waals surface area contributed by atoms with Gasteiger partial charge in [0.25, 0.3) is 0 Å². The molecule has 5 heteroatoms. The van der Waals surface area contributed by atoms with E-state index in [4.69, 9.17) is 5.11 Å². The van der Waals surface area contributed by atoms with Gasteiger partial charge in [-0.05, 0) is 6.07 Å². The first-order valence-electron chi connectivity index (χ1n) is 5.00. The van der Waals surface area contributed by atoms with Crippen molar-refractivity contribution in [3.05, 3.63) is 35.9 Å². The molecule has 1 amide bonds. The second kappa shape index (κ2) is 4.01. The summed E-state index contributed by atoms with van der Waals surface area (Å²) in [7, 11) is 0. The molecule has 0 saturated heterocycles. The van der Waals surface area contributed by atoms with Crippen LogP contribution in [-0.4, -0.2) is 23.3 Å². The molecule has 1 aromatic rings. The summed E-state index contributed by atoms with van der Waals surface area (Å²) < 4.78 is 14.0. The molecule has 1 aromatic carbocycles. The van der Waals surface area contributed by atoms with Crippen molar-refractivity contribution in [2.75, 3.05) is 4.90 Å². The minimum atomic E-state index is -1.74. The largest absolute Gasteiger partial charge is 0.478 e. The summed E-state index contributed by atoms with van der Waals surface area (Å²) in [5.41, 5.74) is 0.848. The Morgan fingerprint density at radius 2 is 2.06 bits per heavy atom. The minimum absolute atomic E-state index is 0.00306. The first kappa shape index (κ1) is 11.3. The Kier molecular flexibility index (Phi) is 2.67. The van der Waals surface area contributed by atoms with Crippen LogP contribution in [0.4, 0.5) is 10.1 Å². The normalized spacial score (nSPS) is 20.5. The molecule has 0 aromatic heterocycles. The highest BCUT2D eigenvalue weighted by atomic mass is 19.1. The predicted octanol–water partition coefficient (Wildman–Crippen LogP) is 1.82. The smallest absolute Gasteiger partial charge is 0.328 e. The van der Waals surface area contributed by atoms with Crippen LogP contribution in [-0.2, 0) is 9.59 Å². The molecular formula is C12H10FNO3. The molecule has 88 valence electrons. The highest BCUT2D eigenvalue weighted by molar-refractivity contribution is 6.05. The van der Waals surface area contributed by atoms with Gasteiger partial charge >= 0.3 is 5.97 Å². The Bertz CT molecular complexity index is 524. The van der Waals surface area contributed by atoms with Crippen LogP contribution in [0, 0.1) is 0 Å². The number of aliphatic carboxylic acids is 1. The number of alkyl halides is 1. The zero-order chi connectivity index (χ0) is 12.6. The van der Waals surface area contributed by atoms with E-state index in [9.17, 15) is 14.0 Å². The molecule has 1 N–H and O–H groups in total. The number of nitrogens with zero attached hydrogens (tertiary/aromatic N) is 1. The molecule has 0 radical (unpaired) electrons. The summed E-state index contributed by atoms with van der Waals surface area (Å²) >= 11 is 0. The van der Waals surface area contributed by atoms with Gasteiger partial charge in [0.05, 0.1) is 5.69 Å². The topological polar surface area (TPSA) is 57.6 Å². The van der Waals surface area contributed by atoms with E-state index in [1.807, 2.05) is 0 Å². The first-order chi connectivity index (χ1) is 8.02. The van der Waals surface area contributed by atoms with Gasteiger partial charge in [0, 0.05) is 24.1 Å². The molecule has 2 rings (SSSR count). The van der Waals surface area contributed by atoms with Crippen LogP contribution in [0.25, 0.3) is 5.57 Å². The molecule has 17 heavy (non-hydrogen) atoms. The zero-order valence-corrected chi connectivity index (χ0v) is 9.05. The summed E-state index contributed by atoms with van der Waals surface area (Å²) in [6, 6.07) is 6.53. The standard InChI is InChI=1S/C12H10FNO3/c1-7(15)14-10-5-3-2-4-8(10)9(12(14)13)6-11(16)17/h2-6,12H,1H3,(H,16,17)/b9-6+. The van der Waals surface area contributed by atoms with Crippen LogP contribution >= 0.6 is 0 Å². The number of benzene rings is 1. The van der Waals surface area contributed by atoms with Crippen molar-refractivity contribution in [2.24, 2.45) is 0 Å². The third-order valence-corrected chi connectivity index (χ3v) is 2.58. The number of hydrogen-bond acceptors (Lipinski definition) is 2. The van der Waals surface area contributed by atoms with Crippen LogP contribution < -0.4 is 4.90 Å². The second-order valence-electron chi connectivity index (χ2n) is 3.68. The fourth-order valence-corrected chi connectivity index (χ4v) is 1.93. The van der Waals surface area contributed by atoms with Crippen LogP contribution in [0.15, 0.2) is 30.3 Å². The number of carboxylic acid groups (broad SMARTS) is 1. The Balaban J connectivity index is 2.60. The molecule has 0 saturated carbocycles. The zero-order valence-electron chi connectivity index (χ0n) is 9.05. The molecule has 1 aliphatic heterocycles. The van der Waals surface area contributed by atoms with Crippen LogP contribution in [0.1, 0.15) is 12.5 Å². The van der Waals surface area contributed by atoms with E-state index in [0.29, 0.717) is 11.3 Å². The summed E-state index contributed by atoms with van der Waals surface area (Å²) in [6.45, 7) is 1.24. The summed E-state index contributed by atoms with van der Waals surface area (Å²) in [5.74, 6) is -1.69. The van der Waals surface area contributed by atoms with Gasteiger partial charge in [0.15, 0.2) is 0 Å². The Hall–Kier alpha value is -2.17. The van der Waals surface area contributed by atoms with E-state index in [-0.39, 0.29) is 5.57 Å². The molecule has 1 heterocycles. The lowest BCUT2D eigenvalue weighted by atomic mass is 10.1. The Labute approximate surface area is 97.0 Å². The molecule has 1 aliphatic rings. The Morgan fingerprint density at radius 3 is 2.65 bits per heavy atom. The average Bonchev–Trinajstić information content (AvgIpc) is 2.52. The number of hydrogen-bond donors (Lipinski definition) is 1. The number of para-hydroxylation sites is 1. The predicted molar refractivity (Wildman–Crippen MR) is 60.1 cm³/mol. The van der Waals surface area contributed by atoms with Crippen LogP contribution in [0.3, 0.4) is 0 Å². The molecule has 1 atom stereocenters. The van der Waals surface area contributed by atoms with E-state index in [2.05, 4.69) is 0 Å². The van der Waals surface area contributed by atoms with Gasteiger partial charge in [-0.15, -0.1) is 0 Å². The third kappa shape index (κ3) is 1.80. The Morgan fingerprint density at radius 1 is 1.41 bits per heavy atom. The van der Waals surface area contributed by atoms with Crippen molar-refractivity contribution in [1.82, 2.24) is 0 Å². The quantitative estimate of drug-likeness (QED) is 0.596. The maximum absolute atomic E-state index is 14.0. The van der Waals surface area contributed by atoms with Crippen molar-refractivity contribution >= 4 is 23.1 Å². The third-order valence-electron chi connectivity index (χ3n) is 2.58. The van der Waals surface area contributed by atoms with Gasteiger partial charge in [-0.25, -0.2) is 9.18 Å². The molecule has 1 unspecified atom stereocenters. The number of fused-ring (bicyclic) bond motifs is 1. The molecule has 0 aliphatic carbocycles. The molecule has 0 spiro atoms. The number of carbonyl (C=O) groups is 2. The number of carboxylic acids is 1. The van der Waals surface area contributed by atoms with E-state index in [1.54, 1.807) is 24.3 Å². The molecule has 0 fully saturated rings. The maximum atomic E-state index is 14.0. The number of halogens is 1. The maximum Gasteiger partial charge on any atom is 0.328 e. The number of amides is 1. The molecular weight excluding hydrogens is 225 g/mol. The summed E-state index contributed by atoms with van der Waals surface area (Å²) in [5, 5.41) is 8.70. The number of anilines is 1. The lowest BCUT2D eigenvalue weighted by Crippen LogP contribution is -2.32. The van der Waals surface area contributed by atoms with Gasteiger partial charge in [-0.1, -0.05) is 18.2 Å². The first-order valence-corrected chi connectivity index (χ1v) is 5.00. The highest BCUT2D eigenvalue weighted by Crippen LogP contribution is 2.40. The van der Waals surface area contributed by atoms with E-state index in [0.717, 1.165) is 11.0 Å². The lowest BCUT2D eigenvalue weighted by molar-refractivity contribution is -0.131. The van der Waals surface area contributed by atoms with Crippen LogP contribution in [0.2, 0.25) is 0 Å². The van der Waals surface area contributed by atoms with Gasteiger partial charge < -0.3 is 5.11 Å². The molecule has 4 nitrogen and oxygen atoms in total. The average molecular weight is 235 g/mol. The van der Waals surface area contributed by atoms with Crippen molar-refractivity contribution in [3.8, 4) is 0 Å². The van der Waals surface area contributed by atoms with Gasteiger partial charge in [-0.3, -0.25) is 9.69 Å². The van der Waals surface area contributed by atoms with E-state index >= 15 is 0 Å². The van der Waals surface area contributed by atoms with Gasteiger partial charge in [-0.2, -0.15) is 0 Å². The summed E-state index contributed by atoms with van der Waals surface area (Å²) in [4.78, 5) is 23.0. The lowest BCUT2D eigenvalue weighted by Gasteiger charge is -2.17. The van der Waals surface area contributed by atoms with E-state index < -0.39 is 18.2 Å². The van der Waals surface area contributed by atoms with Crippen molar-refractivity contribution in [2.45, 2.75) is 13.2 Å². The van der Waals surface area contributed by atoms with Crippen molar-refractivity contribution in [3.63, 3.8) is 0 Å². The number of carbonyl (C=O) groups excluding carboxylic acids is 1. The fourth-order valence-electron chi connectivity index (χ4n) is 1.93. The highest BCUT2D eigenvalue weighted by Gasteiger charge is 2.36. The second-order valence-corrected chi connectivity index (χ2v) is 3.68. The van der Waals surface area contributed by atoms with Gasteiger partial charge in [0.2, 0.25) is 12.2 Å². The van der Waals surface area contributed by atoms with Crippen molar-refractivity contribution in [1.29, 1.82) is 0 Å². The summed E-state index contributed by atoms with van der Waals surface area (Å²) in [6.07, 6.45) is -0.937. The van der Waals surface area contributed by atoms with Crippen LogP contribution in [0.5, 0.6) is 0 Å².